The van der Waals surface area contributed by atoms with Gasteiger partial charge in [0.15, 0.2) is 0 Å². The first-order chi connectivity index (χ1) is 11.8. The van der Waals surface area contributed by atoms with Crippen LogP contribution in [-0.4, -0.2) is 17.4 Å². The zero-order valence-electron chi connectivity index (χ0n) is 13.2. The minimum absolute atomic E-state index is 0.721. The van der Waals surface area contributed by atoms with E-state index in [1.54, 1.807) is 18.4 Å². The van der Waals surface area contributed by atoms with Crippen LogP contribution in [0.15, 0.2) is 64.0 Å². The molecular weight excluding hydrogens is 338 g/mol. The first-order valence-electron chi connectivity index (χ1n) is 7.81. The van der Waals surface area contributed by atoms with Crippen LogP contribution in [0.1, 0.15) is 17.5 Å². The van der Waals surface area contributed by atoms with Crippen LogP contribution < -0.4 is 4.80 Å². The molecule has 0 atom stereocenters. The highest BCUT2D eigenvalue weighted by Crippen LogP contribution is 2.26. The van der Waals surface area contributed by atoms with Crippen molar-refractivity contribution in [1.29, 1.82) is 0 Å². The second-order valence-corrected chi connectivity index (χ2v) is 6.93. The van der Waals surface area contributed by atoms with Crippen molar-refractivity contribution in [2.24, 2.45) is 10.1 Å². The van der Waals surface area contributed by atoms with Gasteiger partial charge in [-0.25, -0.2) is 4.68 Å². The van der Waals surface area contributed by atoms with Crippen molar-refractivity contribution < 1.29 is 0 Å². The zero-order chi connectivity index (χ0) is 16.5. The molecular formula is C19H16ClN3S. The maximum atomic E-state index is 6.16. The Morgan fingerprint density at radius 3 is 2.79 bits per heavy atom. The van der Waals surface area contributed by atoms with Gasteiger partial charge in [-0.3, -0.25) is 4.99 Å². The third-order valence-electron chi connectivity index (χ3n) is 4.18. The lowest BCUT2D eigenvalue weighted by Crippen LogP contribution is -2.14. The Bertz CT molecular complexity index is 998. The molecule has 0 spiro atoms. The Labute approximate surface area is 149 Å². The van der Waals surface area contributed by atoms with Gasteiger partial charge in [-0.1, -0.05) is 48.0 Å². The molecule has 5 heteroatoms. The topological polar surface area (TPSA) is 29.6 Å². The van der Waals surface area contributed by atoms with Crippen LogP contribution in [0.2, 0.25) is 5.02 Å². The fraction of sp³-hybridized carbons (Fsp3) is 0.158. The SMILES string of the molecule is CN=c1scc(-c2cccc(Cl)c2)n1N=C1CCc2ccccc21. The second kappa shape index (κ2) is 6.38. The van der Waals surface area contributed by atoms with Crippen molar-refractivity contribution in [1.82, 2.24) is 4.68 Å². The van der Waals surface area contributed by atoms with E-state index in [2.05, 4.69) is 34.6 Å². The molecule has 3 aromatic rings. The van der Waals surface area contributed by atoms with E-state index >= 15 is 0 Å². The number of hydrogen-bond donors (Lipinski definition) is 0. The van der Waals surface area contributed by atoms with Crippen molar-refractivity contribution in [2.45, 2.75) is 12.8 Å². The highest BCUT2D eigenvalue weighted by Gasteiger charge is 2.18. The summed E-state index contributed by atoms with van der Waals surface area (Å²) in [6.45, 7) is 0. The Morgan fingerprint density at radius 2 is 1.96 bits per heavy atom. The molecule has 4 rings (SSSR count). The van der Waals surface area contributed by atoms with Crippen LogP contribution in [0.5, 0.6) is 0 Å². The van der Waals surface area contributed by atoms with Gasteiger partial charge in [0, 0.05) is 28.6 Å². The summed E-state index contributed by atoms with van der Waals surface area (Å²) in [5, 5.41) is 7.75. The molecule has 0 aliphatic heterocycles. The van der Waals surface area contributed by atoms with Gasteiger partial charge in [0.2, 0.25) is 4.80 Å². The molecule has 0 unspecified atom stereocenters. The quantitative estimate of drug-likeness (QED) is 0.644. The number of benzene rings is 2. The van der Waals surface area contributed by atoms with Gasteiger partial charge >= 0.3 is 0 Å². The largest absolute Gasteiger partial charge is 0.261 e. The molecule has 24 heavy (non-hydrogen) atoms. The molecule has 0 radical (unpaired) electrons. The summed E-state index contributed by atoms with van der Waals surface area (Å²) in [7, 11) is 1.80. The molecule has 0 N–H and O–H groups in total. The van der Waals surface area contributed by atoms with Crippen molar-refractivity contribution in [3.63, 3.8) is 0 Å². The molecule has 0 bridgehead atoms. The minimum atomic E-state index is 0.721. The van der Waals surface area contributed by atoms with Gasteiger partial charge in [-0.15, -0.1) is 11.3 Å². The summed E-state index contributed by atoms with van der Waals surface area (Å²) in [6.07, 6.45) is 2.01. The third kappa shape index (κ3) is 2.72. The van der Waals surface area contributed by atoms with E-state index in [4.69, 9.17) is 16.7 Å². The molecule has 0 amide bonds. The molecule has 120 valence electrons. The van der Waals surface area contributed by atoms with Gasteiger partial charge in [0.1, 0.15) is 0 Å². The maximum Gasteiger partial charge on any atom is 0.205 e. The monoisotopic (exact) mass is 353 g/mol. The van der Waals surface area contributed by atoms with Gasteiger partial charge < -0.3 is 0 Å². The summed E-state index contributed by atoms with van der Waals surface area (Å²) < 4.78 is 1.94. The first-order valence-corrected chi connectivity index (χ1v) is 9.07. The number of halogens is 1. The van der Waals surface area contributed by atoms with Crippen LogP contribution in [0, 0.1) is 0 Å². The fourth-order valence-electron chi connectivity index (χ4n) is 3.03. The van der Waals surface area contributed by atoms with E-state index in [1.807, 2.05) is 28.9 Å². The molecule has 0 saturated carbocycles. The van der Waals surface area contributed by atoms with E-state index in [9.17, 15) is 0 Å². The first kappa shape index (κ1) is 15.4. The fourth-order valence-corrected chi connectivity index (χ4v) is 4.01. The molecule has 1 aromatic heterocycles. The van der Waals surface area contributed by atoms with Gasteiger partial charge in [-0.05, 0) is 30.5 Å². The van der Waals surface area contributed by atoms with Crippen molar-refractivity contribution in [3.05, 3.63) is 74.9 Å². The van der Waals surface area contributed by atoms with E-state index in [0.29, 0.717) is 0 Å². The summed E-state index contributed by atoms with van der Waals surface area (Å²) >= 11 is 7.75. The van der Waals surface area contributed by atoms with Gasteiger partial charge in [-0.2, -0.15) is 5.10 Å². The van der Waals surface area contributed by atoms with Crippen molar-refractivity contribution in [3.8, 4) is 11.3 Å². The molecule has 1 aliphatic rings. The van der Waals surface area contributed by atoms with Crippen molar-refractivity contribution in [2.75, 3.05) is 7.05 Å². The molecule has 0 fully saturated rings. The lowest BCUT2D eigenvalue weighted by atomic mass is 10.1. The van der Waals surface area contributed by atoms with E-state index in [1.165, 1.54) is 11.1 Å². The van der Waals surface area contributed by atoms with Crippen molar-refractivity contribution >= 4 is 28.6 Å². The summed E-state index contributed by atoms with van der Waals surface area (Å²) in [4.78, 5) is 5.26. The van der Waals surface area contributed by atoms with Crippen LogP contribution in [-0.2, 0) is 6.42 Å². The van der Waals surface area contributed by atoms with E-state index in [0.717, 1.165) is 39.6 Å². The number of thiazole rings is 1. The molecule has 3 nitrogen and oxygen atoms in total. The smallest absolute Gasteiger partial charge is 0.205 e. The van der Waals surface area contributed by atoms with E-state index in [-0.39, 0.29) is 0 Å². The summed E-state index contributed by atoms with van der Waals surface area (Å²) in [5.41, 5.74) is 5.79. The lowest BCUT2D eigenvalue weighted by molar-refractivity contribution is 0.837. The Hall–Kier alpha value is -2.17. The standard InChI is InChI=1S/C19H16ClN3S/c1-21-19-23(18(12-24-19)14-6-4-7-15(20)11-14)22-17-10-9-13-5-2-3-8-16(13)17/h2-8,11-12H,9-10H2,1H3. The van der Waals surface area contributed by atoms with Gasteiger partial charge in [0.25, 0.3) is 0 Å². The molecule has 0 saturated heterocycles. The average molecular weight is 354 g/mol. The Balaban J connectivity index is 1.88. The predicted octanol–water partition coefficient (Wildman–Crippen LogP) is 4.60. The van der Waals surface area contributed by atoms with Crippen LogP contribution in [0.4, 0.5) is 0 Å². The third-order valence-corrected chi connectivity index (χ3v) is 5.32. The zero-order valence-corrected chi connectivity index (χ0v) is 14.8. The Kier molecular flexibility index (Phi) is 4.08. The number of hydrogen-bond acceptors (Lipinski definition) is 3. The molecule has 1 heterocycles. The second-order valence-electron chi connectivity index (χ2n) is 5.65. The number of rotatable bonds is 2. The Morgan fingerprint density at radius 1 is 1.08 bits per heavy atom. The number of aromatic nitrogens is 1. The predicted molar refractivity (Wildman–Crippen MR) is 101 cm³/mol. The van der Waals surface area contributed by atoms with Crippen LogP contribution in [0.25, 0.3) is 11.3 Å². The van der Waals surface area contributed by atoms with Crippen LogP contribution in [0.3, 0.4) is 0 Å². The van der Waals surface area contributed by atoms with E-state index < -0.39 is 0 Å². The average Bonchev–Trinajstić information content (AvgIpc) is 3.20. The van der Waals surface area contributed by atoms with Crippen LogP contribution >= 0.6 is 22.9 Å². The molecule has 1 aliphatic carbocycles. The number of nitrogens with zero attached hydrogens (tertiary/aromatic N) is 3. The minimum Gasteiger partial charge on any atom is -0.261 e. The lowest BCUT2D eigenvalue weighted by Gasteiger charge is -2.06. The normalized spacial score (nSPS) is 15.9. The highest BCUT2D eigenvalue weighted by molar-refractivity contribution is 7.07. The summed E-state index contributed by atoms with van der Waals surface area (Å²) in [6, 6.07) is 16.3. The molecule has 2 aromatic carbocycles. The number of aryl methyl sites for hydroxylation is 1. The maximum absolute atomic E-state index is 6.16. The number of fused-ring (bicyclic) bond motifs is 1. The summed E-state index contributed by atoms with van der Waals surface area (Å²) in [5.74, 6) is 0. The highest BCUT2D eigenvalue weighted by atomic mass is 35.5. The van der Waals surface area contributed by atoms with Gasteiger partial charge in [0.05, 0.1) is 11.4 Å².